The first-order chi connectivity index (χ1) is 10.1. The maximum Gasteiger partial charge on any atom is 0.253 e. The largest absolute Gasteiger partial charge is 0.291 e. The SMILES string of the molecule is O=C(NN[C@@H]1CC(=O)N(c2ccc(Cl)cc2)C1=O)C1CC1. The number of carbonyl (C=O) groups excluding carboxylic acids is 3. The molecule has 2 fully saturated rings. The quantitative estimate of drug-likeness (QED) is 0.642. The van der Waals surface area contributed by atoms with Crippen LogP contribution in [0.4, 0.5) is 5.69 Å². The molecule has 6 nitrogen and oxygen atoms in total. The molecule has 0 aromatic heterocycles. The molecule has 3 rings (SSSR count). The van der Waals surface area contributed by atoms with Gasteiger partial charge in [0.25, 0.3) is 5.91 Å². The number of anilines is 1. The molecular formula is C14H14ClN3O3. The molecule has 0 bridgehead atoms. The zero-order valence-corrected chi connectivity index (χ0v) is 11.9. The molecule has 21 heavy (non-hydrogen) atoms. The van der Waals surface area contributed by atoms with Crippen LogP contribution in [0.3, 0.4) is 0 Å². The fraction of sp³-hybridized carbons (Fsp3) is 0.357. The Kier molecular flexibility index (Phi) is 3.65. The van der Waals surface area contributed by atoms with Gasteiger partial charge in [-0.05, 0) is 37.1 Å². The van der Waals surface area contributed by atoms with Crippen molar-refractivity contribution in [3.63, 3.8) is 0 Å². The van der Waals surface area contributed by atoms with Gasteiger partial charge in [-0.2, -0.15) is 0 Å². The van der Waals surface area contributed by atoms with E-state index in [1.54, 1.807) is 24.3 Å². The Labute approximate surface area is 126 Å². The van der Waals surface area contributed by atoms with E-state index in [1.165, 1.54) is 0 Å². The molecule has 0 spiro atoms. The lowest BCUT2D eigenvalue weighted by Crippen LogP contribution is -2.48. The molecule has 110 valence electrons. The number of hydrogen-bond acceptors (Lipinski definition) is 4. The summed E-state index contributed by atoms with van der Waals surface area (Å²) in [7, 11) is 0. The Morgan fingerprint density at radius 1 is 1.19 bits per heavy atom. The fourth-order valence-electron chi connectivity index (χ4n) is 2.21. The van der Waals surface area contributed by atoms with Gasteiger partial charge in [-0.1, -0.05) is 11.6 Å². The van der Waals surface area contributed by atoms with Crippen molar-refractivity contribution in [3.8, 4) is 0 Å². The average Bonchev–Trinajstić information content (AvgIpc) is 3.26. The molecular weight excluding hydrogens is 294 g/mol. The number of rotatable bonds is 4. The molecule has 7 heteroatoms. The molecule has 3 amide bonds. The Morgan fingerprint density at radius 2 is 1.86 bits per heavy atom. The first-order valence-corrected chi connectivity index (χ1v) is 7.12. The molecule has 0 unspecified atom stereocenters. The minimum atomic E-state index is -0.726. The highest BCUT2D eigenvalue weighted by atomic mass is 35.5. The lowest BCUT2D eigenvalue weighted by atomic mass is 10.2. The summed E-state index contributed by atoms with van der Waals surface area (Å²) >= 11 is 5.79. The van der Waals surface area contributed by atoms with Gasteiger partial charge in [0.05, 0.1) is 12.1 Å². The number of carbonyl (C=O) groups is 3. The molecule has 1 atom stereocenters. The molecule has 1 aromatic rings. The second kappa shape index (κ2) is 5.46. The number of imide groups is 1. The van der Waals surface area contributed by atoms with E-state index >= 15 is 0 Å². The molecule has 1 aliphatic carbocycles. The van der Waals surface area contributed by atoms with E-state index in [2.05, 4.69) is 10.9 Å². The van der Waals surface area contributed by atoms with Crippen molar-refractivity contribution in [1.29, 1.82) is 0 Å². The van der Waals surface area contributed by atoms with Crippen molar-refractivity contribution in [2.75, 3.05) is 4.90 Å². The van der Waals surface area contributed by atoms with E-state index in [1.807, 2.05) is 0 Å². The summed E-state index contributed by atoms with van der Waals surface area (Å²) < 4.78 is 0. The highest BCUT2D eigenvalue weighted by Crippen LogP contribution is 2.28. The smallest absolute Gasteiger partial charge is 0.253 e. The molecule has 1 aromatic carbocycles. The summed E-state index contributed by atoms with van der Waals surface area (Å²) in [6.45, 7) is 0. The van der Waals surface area contributed by atoms with Crippen LogP contribution in [0.25, 0.3) is 0 Å². The van der Waals surface area contributed by atoms with Crippen molar-refractivity contribution in [3.05, 3.63) is 29.3 Å². The summed E-state index contributed by atoms with van der Waals surface area (Å²) in [5.74, 6) is -0.767. The van der Waals surface area contributed by atoms with Crippen LogP contribution >= 0.6 is 11.6 Å². The van der Waals surface area contributed by atoms with Gasteiger partial charge in [-0.3, -0.25) is 19.8 Å². The van der Waals surface area contributed by atoms with Gasteiger partial charge in [0, 0.05) is 10.9 Å². The molecule has 1 heterocycles. The molecule has 1 aliphatic heterocycles. The van der Waals surface area contributed by atoms with E-state index in [9.17, 15) is 14.4 Å². The number of halogens is 1. The number of nitrogens with zero attached hydrogens (tertiary/aromatic N) is 1. The Bertz CT molecular complexity index is 598. The van der Waals surface area contributed by atoms with Gasteiger partial charge in [0.15, 0.2) is 0 Å². The highest BCUT2D eigenvalue weighted by molar-refractivity contribution is 6.30. The van der Waals surface area contributed by atoms with Crippen LogP contribution in [0, 0.1) is 5.92 Å². The summed E-state index contributed by atoms with van der Waals surface area (Å²) in [6.07, 6.45) is 1.77. The van der Waals surface area contributed by atoms with Gasteiger partial charge in [-0.25, -0.2) is 10.3 Å². The summed E-state index contributed by atoms with van der Waals surface area (Å²) in [6, 6.07) is 5.74. The summed E-state index contributed by atoms with van der Waals surface area (Å²) in [4.78, 5) is 36.9. The van der Waals surface area contributed by atoms with Gasteiger partial charge in [0.2, 0.25) is 11.8 Å². The summed E-state index contributed by atoms with van der Waals surface area (Å²) in [5.41, 5.74) is 5.64. The van der Waals surface area contributed by atoms with Crippen LogP contribution in [0.2, 0.25) is 5.02 Å². The predicted octanol–water partition coefficient (Wildman–Crippen LogP) is 1.00. The number of hydrogen-bond donors (Lipinski definition) is 2. The molecule has 1 saturated carbocycles. The molecule has 2 N–H and O–H groups in total. The van der Waals surface area contributed by atoms with E-state index in [0.717, 1.165) is 17.7 Å². The number of nitrogens with one attached hydrogen (secondary N) is 2. The lowest BCUT2D eigenvalue weighted by molar-refractivity contribution is -0.124. The van der Waals surface area contributed by atoms with Crippen molar-refractivity contribution >= 4 is 35.0 Å². The zero-order valence-electron chi connectivity index (χ0n) is 11.1. The predicted molar refractivity (Wildman–Crippen MR) is 76.4 cm³/mol. The lowest BCUT2D eigenvalue weighted by Gasteiger charge is -2.15. The zero-order chi connectivity index (χ0) is 15.0. The Hall–Kier alpha value is -1.92. The van der Waals surface area contributed by atoms with Crippen molar-refractivity contribution in [2.45, 2.75) is 25.3 Å². The summed E-state index contributed by atoms with van der Waals surface area (Å²) in [5, 5.41) is 0.532. The van der Waals surface area contributed by atoms with Gasteiger partial charge in [0.1, 0.15) is 6.04 Å². The second-order valence-electron chi connectivity index (χ2n) is 5.21. The number of benzene rings is 1. The highest BCUT2D eigenvalue weighted by Gasteiger charge is 2.40. The third-order valence-corrected chi connectivity index (χ3v) is 3.80. The normalized spacial score (nSPS) is 21.8. The molecule has 2 aliphatic rings. The van der Waals surface area contributed by atoms with Crippen molar-refractivity contribution in [1.82, 2.24) is 10.9 Å². The number of hydrazine groups is 1. The van der Waals surface area contributed by atoms with Crippen LogP contribution in [-0.2, 0) is 14.4 Å². The van der Waals surface area contributed by atoms with Gasteiger partial charge >= 0.3 is 0 Å². The average molecular weight is 308 g/mol. The van der Waals surface area contributed by atoms with E-state index in [4.69, 9.17) is 11.6 Å². The first-order valence-electron chi connectivity index (χ1n) is 6.74. The van der Waals surface area contributed by atoms with E-state index in [0.29, 0.717) is 10.7 Å². The van der Waals surface area contributed by atoms with Gasteiger partial charge < -0.3 is 0 Å². The minimum Gasteiger partial charge on any atom is -0.291 e. The monoisotopic (exact) mass is 307 g/mol. The minimum absolute atomic E-state index is 0.0202. The third kappa shape index (κ3) is 2.91. The third-order valence-electron chi connectivity index (χ3n) is 3.55. The van der Waals surface area contributed by atoms with Crippen LogP contribution in [0.15, 0.2) is 24.3 Å². The second-order valence-corrected chi connectivity index (χ2v) is 5.64. The van der Waals surface area contributed by atoms with Crippen molar-refractivity contribution < 1.29 is 14.4 Å². The Morgan fingerprint density at radius 3 is 2.48 bits per heavy atom. The van der Waals surface area contributed by atoms with Gasteiger partial charge in [-0.15, -0.1) is 0 Å². The Balaban J connectivity index is 1.66. The molecule has 0 radical (unpaired) electrons. The maximum absolute atomic E-state index is 12.3. The van der Waals surface area contributed by atoms with Crippen molar-refractivity contribution in [2.24, 2.45) is 5.92 Å². The molecule has 1 saturated heterocycles. The van der Waals surface area contributed by atoms with Crippen LogP contribution in [0.1, 0.15) is 19.3 Å². The van der Waals surface area contributed by atoms with E-state index in [-0.39, 0.29) is 30.1 Å². The first kappa shape index (κ1) is 14.0. The van der Waals surface area contributed by atoms with Crippen LogP contribution < -0.4 is 15.8 Å². The van der Waals surface area contributed by atoms with Crippen LogP contribution in [0.5, 0.6) is 0 Å². The standard InChI is InChI=1S/C14H14ClN3O3/c15-9-3-5-10(6-4-9)18-12(19)7-11(14(18)21)16-17-13(20)8-1-2-8/h3-6,8,11,16H,1-2,7H2,(H,17,20)/t11-/m1/s1. The van der Waals surface area contributed by atoms with Crippen LogP contribution in [-0.4, -0.2) is 23.8 Å². The maximum atomic E-state index is 12.3. The number of amides is 3. The topological polar surface area (TPSA) is 78.5 Å². The fourth-order valence-corrected chi connectivity index (χ4v) is 2.34. The van der Waals surface area contributed by atoms with E-state index < -0.39 is 6.04 Å².